The fraction of sp³-hybridized carbons (Fsp3) is 0.571. The molecule has 0 saturated carbocycles. The molecule has 0 amide bonds. The van der Waals surface area contributed by atoms with Crippen LogP contribution in [0.3, 0.4) is 0 Å². The first-order valence-corrected chi connectivity index (χ1v) is 3.51. The Morgan fingerprint density at radius 2 is 2.45 bits per heavy atom. The van der Waals surface area contributed by atoms with Crippen LogP contribution < -0.4 is 0 Å². The Balaban J connectivity index is 2.45. The van der Waals surface area contributed by atoms with Crippen molar-refractivity contribution in [1.29, 1.82) is 0 Å². The minimum absolute atomic E-state index is 0.191. The summed E-state index contributed by atoms with van der Waals surface area (Å²) in [5.41, 5.74) is 1.25. The van der Waals surface area contributed by atoms with E-state index < -0.39 is 11.8 Å². The summed E-state index contributed by atoms with van der Waals surface area (Å²) in [4.78, 5) is 0. The van der Waals surface area contributed by atoms with Gasteiger partial charge in [0, 0.05) is 17.2 Å². The van der Waals surface area contributed by atoms with Crippen LogP contribution in [-0.2, 0) is 6.42 Å². The van der Waals surface area contributed by atoms with Gasteiger partial charge in [0.1, 0.15) is 0 Å². The first kappa shape index (κ1) is 6.76. The lowest BCUT2D eigenvalue weighted by Gasteiger charge is -2.13. The number of hydrogen-bond donors (Lipinski definition) is 1. The van der Waals surface area contributed by atoms with Crippen LogP contribution in [0.4, 0.5) is 8.78 Å². The predicted molar refractivity (Wildman–Crippen MR) is 35.7 cm³/mol. The maximum Gasteiger partial charge on any atom is 0.260 e. The van der Waals surface area contributed by atoms with Crippen molar-refractivity contribution in [2.45, 2.75) is 25.2 Å². The number of hydrogen-bond acceptors (Lipinski definition) is 1. The molecule has 0 fully saturated rings. The molecule has 1 aliphatic rings. The van der Waals surface area contributed by atoms with E-state index in [1.807, 2.05) is 0 Å². The van der Waals surface area contributed by atoms with Crippen LogP contribution in [0.2, 0.25) is 0 Å². The average Bonchev–Trinajstić information content (AvgIpc) is 2.39. The Kier molecular flexibility index (Phi) is 1.11. The van der Waals surface area contributed by atoms with E-state index in [9.17, 15) is 8.78 Å². The molecule has 2 rings (SSSR count). The fourth-order valence-electron chi connectivity index (χ4n) is 1.45. The van der Waals surface area contributed by atoms with Gasteiger partial charge in [-0.3, -0.25) is 5.10 Å². The van der Waals surface area contributed by atoms with E-state index in [1.165, 1.54) is 13.1 Å². The smallest absolute Gasteiger partial charge is 0.260 e. The Morgan fingerprint density at radius 3 is 3.09 bits per heavy atom. The van der Waals surface area contributed by atoms with Crippen molar-refractivity contribution in [1.82, 2.24) is 10.2 Å². The topological polar surface area (TPSA) is 28.7 Å². The molecule has 0 unspecified atom stereocenters. The van der Waals surface area contributed by atoms with Gasteiger partial charge in [0.2, 0.25) is 0 Å². The molecule has 11 heavy (non-hydrogen) atoms. The normalized spacial score (nSPS) is 27.0. The first-order valence-electron chi connectivity index (χ1n) is 3.51. The molecule has 1 aromatic rings. The zero-order valence-corrected chi connectivity index (χ0v) is 6.06. The minimum Gasteiger partial charge on any atom is -0.282 e. The van der Waals surface area contributed by atoms with E-state index in [2.05, 4.69) is 10.2 Å². The number of halogens is 2. The van der Waals surface area contributed by atoms with E-state index in [1.54, 1.807) is 0 Å². The number of aromatic nitrogens is 2. The molecule has 60 valence electrons. The molecule has 1 aromatic heterocycles. The van der Waals surface area contributed by atoms with Crippen molar-refractivity contribution in [3.05, 3.63) is 17.5 Å². The lowest BCUT2D eigenvalue weighted by molar-refractivity contribution is -0.0107. The van der Waals surface area contributed by atoms with Gasteiger partial charge in [-0.25, -0.2) is 8.78 Å². The highest BCUT2D eigenvalue weighted by Crippen LogP contribution is 2.43. The summed E-state index contributed by atoms with van der Waals surface area (Å²) in [6.45, 7) is 1.53. The van der Waals surface area contributed by atoms with Crippen LogP contribution in [-0.4, -0.2) is 16.1 Å². The van der Waals surface area contributed by atoms with Crippen LogP contribution in [0.5, 0.6) is 0 Å². The Morgan fingerprint density at radius 1 is 1.73 bits per heavy atom. The van der Waals surface area contributed by atoms with E-state index in [0.717, 1.165) is 0 Å². The third-order valence-electron chi connectivity index (χ3n) is 2.26. The molecule has 1 heterocycles. The predicted octanol–water partition coefficient (Wildman–Crippen LogP) is 1.70. The molecule has 0 saturated heterocycles. The Labute approximate surface area is 62.6 Å². The third-order valence-corrected chi connectivity index (χ3v) is 2.26. The number of fused-ring (bicyclic) bond motifs is 1. The van der Waals surface area contributed by atoms with E-state index in [-0.39, 0.29) is 6.42 Å². The number of nitrogens with zero attached hydrogens (tertiary/aromatic N) is 1. The largest absolute Gasteiger partial charge is 0.282 e. The van der Waals surface area contributed by atoms with Gasteiger partial charge in [-0.1, -0.05) is 6.92 Å². The first-order chi connectivity index (χ1) is 5.11. The number of aromatic amines is 1. The molecular formula is C7H8F2N2. The van der Waals surface area contributed by atoms with Crippen LogP contribution in [0.25, 0.3) is 0 Å². The summed E-state index contributed by atoms with van der Waals surface area (Å²) in [6.07, 6.45) is 1.30. The van der Waals surface area contributed by atoms with Gasteiger partial charge in [-0.2, -0.15) is 5.10 Å². The zero-order chi connectivity index (χ0) is 8.06. The maximum absolute atomic E-state index is 12.9. The minimum atomic E-state index is -2.58. The second-order valence-electron chi connectivity index (χ2n) is 2.96. The van der Waals surface area contributed by atoms with E-state index in [4.69, 9.17) is 0 Å². The summed E-state index contributed by atoms with van der Waals surface area (Å²) in [5, 5.41) is 6.28. The number of rotatable bonds is 0. The lowest BCUT2D eigenvalue weighted by atomic mass is 10.0. The molecule has 4 heteroatoms. The van der Waals surface area contributed by atoms with Crippen LogP contribution >= 0.6 is 0 Å². The van der Waals surface area contributed by atoms with Gasteiger partial charge in [-0.05, 0) is 0 Å². The van der Waals surface area contributed by atoms with Crippen molar-refractivity contribution in [2.75, 3.05) is 0 Å². The van der Waals surface area contributed by atoms with Gasteiger partial charge >= 0.3 is 0 Å². The number of H-pyrrole nitrogens is 1. The molecule has 1 N–H and O–H groups in total. The quantitative estimate of drug-likeness (QED) is 0.611. The summed E-state index contributed by atoms with van der Waals surface area (Å²) >= 11 is 0. The standard InChI is InChI=1S/C7H8F2N2/c1-4-5-3-10-11-6(5)2-7(4,8)9/h3-4H,2H2,1H3,(H,10,11)/t4-/m0/s1. The van der Waals surface area contributed by atoms with Crippen molar-refractivity contribution < 1.29 is 8.78 Å². The van der Waals surface area contributed by atoms with Crippen LogP contribution in [0, 0.1) is 0 Å². The second-order valence-corrected chi connectivity index (χ2v) is 2.96. The highest BCUT2D eigenvalue weighted by atomic mass is 19.3. The van der Waals surface area contributed by atoms with Crippen molar-refractivity contribution in [2.24, 2.45) is 0 Å². The monoisotopic (exact) mass is 158 g/mol. The van der Waals surface area contributed by atoms with Crippen LogP contribution in [0.15, 0.2) is 6.20 Å². The SMILES string of the molecule is C[C@H]1c2cn[nH]c2CC1(F)F. The van der Waals surface area contributed by atoms with Gasteiger partial charge < -0.3 is 0 Å². The highest BCUT2D eigenvalue weighted by Gasteiger charge is 2.45. The van der Waals surface area contributed by atoms with Gasteiger partial charge in [-0.15, -0.1) is 0 Å². The summed E-state index contributed by atoms with van der Waals surface area (Å²) in [5.74, 6) is -3.26. The van der Waals surface area contributed by atoms with Gasteiger partial charge in [0.15, 0.2) is 0 Å². The third kappa shape index (κ3) is 0.783. The molecule has 1 aliphatic carbocycles. The summed E-state index contributed by atoms with van der Waals surface area (Å²) in [7, 11) is 0. The molecule has 1 atom stereocenters. The average molecular weight is 158 g/mol. The molecule has 0 spiro atoms. The molecule has 0 radical (unpaired) electrons. The van der Waals surface area contributed by atoms with Gasteiger partial charge in [0.25, 0.3) is 5.92 Å². The molecule has 0 bridgehead atoms. The molecule has 2 nitrogen and oxygen atoms in total. The molecule has 0 aromatic carbocycles. The summed E-state index contributed by atoms with van der Waals surface area (Å²) < 4.78 is 25.8. The van der Waals surface area contributed by atoms with Crippen LogP contribution in [0.1, 0.15) is 24.1 Å². The molecular weight excluding hydrogens is 150 g/mol. The lowest BCUT2D eigenvalue weighted by Crippen LogP contribution is -2.20. The fourth-order valence-corrected chi connectivity index (χ4v) is 1.45. The molecule has 0 aliphatic heterocycles. The highest BCUT2D eigenvalue weighted by molar-refractivity contribution is 5.30. The van der Waals surface area contributed by atoms with E-state index in [0.29, 0.717) is 11.3 Å². The maximum atomic E-state index is 12.9. The van der Waals surface area contributed by atoms with Crippen molar-refractivity contribution in [3.8, 4) is 0 Å². The zero-order valence-electron chi connectivity index (χ0n) is 6.06. The number of nitrogens with one attached hydrogen (secondary N) is 1. The van der Waals surface area contributed by atoms with E-state index >= 15 is 0 Å². The number of alkyl halides is 2. The van der Waals surface area contributed by atoms with Crippen molar-refractivity contribution in [3.63, 3.8) is 0 Å². The second kappa shape index (κ2) is 1.81. The van der Waals surface area contributed by atoms with Crippen molar-refractivity contribution >= 4 is 0 Å². The Bertz CT molecular complexity index is 280. The summed E-state index contributed by atoms with van der Waals surface area (Å²) in [6, 6.07) is 0. The van der Waals surface area contributed by atoms with Gasteiger partial charge in [0.05, 0.1) is 12.6 Å². The Hall–Kier alpha value is -0.930.